The van der Waals surface area contributed by atoms with Gasteiger partial charge in [-0.25, -0.2) is 0 Å². The lowest BCUT2D eigenvalue weighted by atomic mass is 10.1. The normalized spacial score (nSPS) is 10.1. The highest BCUT2D eigenvalue weighted by molar-refractivity contribution is 14.1. The molecule has 0 aliphatic heterocycles. The third-order valence-corrected chi connectivity index (χ3v) is 2.72. The first-order valence-electron chi connectivity index (χ1n) is 4.13. The van der Waals surface area contributed by atoms with Crippen LogP contribution in [0.5, 0.6) is 0 Å². The monoisotopic (exact) mass is 315 g/mol. The molecule has 0 aliphatic carbocycles. The Balaban J connectivity index is 2.44. The zero-order chi connectivity index (χ0) is 9.97. The van der Waals surface area contributed by atoms with E-state index in [1.54, 1.807) is 0 Å². The Labute approximate surface area is 101 Å². The van der Waals surface area contributed by atoms with E-state index in [9.17, 15) is 0 Å². The summed E-state index contributed by atoms with van der Waals surface area (Å²) in [5.41, 5.74) is 2.00. The summed E-state index contributed by atoms with van der Waals surface area (Å²) in [7, 11) is 0. The molecular formula is C11H7ClIN. The SMILES string of the molecule is Clc1cccc(-c2ccc(I)cn2)c1. The summed E-state index contributed by atoms with van der Waals surface area (Å²) in [6.07, 6.45) is 1.84. The number of hydrogen-bond acceptors (Lipinski definition) is 1. The van der Waals surface area contributed by atoms with Gasteiger partial charge in [0, 0.05) is 20.4 Å². The number of pyridine rings is 1. The minimum Gasteiger partial charge on any atom is -0.255 e. The summed E-state index contributed by atoms with van der Waals surface area (Å²) >= 11 is 8.13. The van der Waals surface area contributed by atoms with Crippen molar-refractivity contribution in [2.45, 2.75) is 0 Å². The molecule has 0 bridgehead atoms. The van der Waals surface area contributed by atoms with Crippen LogP contribution in [0.1, 0.15) is 0 Å². The van der Waals surface area contributed by atoms with Gasteiger partial charge in [0.2, 0.25) is 0 Å². The number of nitrogens with zero attached hydrogens (tertiary/aromatic N) is 1. The van der Waals surface area contributed by atoms with E-state index in [2.05, 4.69) is 27.6 Å². The van der Waals surface area contributed by atoms with Gasteiger partial charge < -0.3 is 0 Å². The Morgan fingerprint density at radius 2 is 2.00 bits per heavy atom. The van der Waals surface area contributed by atoms with Crippen molar-refractivity contribution in [3.05, 3.63) is 51.2 Å². The van der Waals surface area contributed by atoms with Gasteiger partial charge in [-0.15, -0.1) is 0 Å². The van der Waals surface area contributed by atoms with Gasteiger partial charge in [-0.05, 0) is 46.9 Å². The second-order valence-corrected chi connectivity index (χ2v) is 4.55. The van der Waals surface area contributed by atoms with E-state index >= 15 is 0 Å². The lowest BCUT2D eigenvalue weighted by molar-refractivity contribution is 1.31. The molecule has 14 heavy (non-hydrogen) atoms. The predicted octanol–water partition coefficient (Wildman–Crippen LogP) is 4.01. The van der Waals surface area contributed by atoms with Crippen LogP contribution in [-0.4, -0.2) is 4.98 Å². The zero-order valence-electron chi connectivity index (χ0n) is 7.24. The summed E-state index contributed by atoms with van der Waals surface area (Å²) in [5, 5.41) is 0.739. The van der Waals surface area contributed by atoms with Crippen molar-refractivity contribution < 1.29 is 0 Å². The molecule has 0 saturated heterocycles. The maximum absolute atomic E-state index is 5.90. The fourth-order valence-corrected chi connectivity index (χ4v) is 1.70. The summed E-state index contributed by atoms with van der Waals surface area (Å²) in [5.74, 6) is 0. The smallest absolute Gasteiger partial charge is 0.0703 e. The van der Waals surface area contributed by atoms with Gasteiger partial charge in [0.15, 0.2) is 0 Å². The van der Waals surface area contributed by atoms with E-state index in [1.165, 1.54) is 0 Å². The lowest BCUT2D eigenvalue weighted by Crippen LogP contribution is -1.83. The molecule has 1 aromatic heterocycles. The number of aromatic nitrogens is 1. The molecule has 2 aromatic rings. The van der Waals surface area contributed by atoms with E-state index in [0.717, 1.165) is 19.9 Å². The topological polar surface area (TPSA) is 12.9 Å². The molecule has 2 rings (SSSR count). The van der Waals surface area contributed by atoms with E-state index in [4.69, 9.17) is 11.6 Å². The van der Waals surface area contributed by atoms with E-state index in [-0.39, 0.29) is 0 Å². The van der Waals surface area contributed by atoms with Crippen molar-refractivity contribution in [1.82, 2.24) is 4.98 Å². The summed E-state index contributed by atoms with van der Waals surface area (Å²) in [4.78, 5) is 4.32. The maximum Gasteiger partial charge on any atom is 0.0703 e. The molecule has 0 saturated carbocycles. The lowest BCUT2D eigenvalue weighted by Gasteiger charge is -2.00. The molecule has 0 fully saturated rings. The minimum absolute atomic E-state index is 0.739. The van der Waals surface area contributed by atoms with Gasteiger partial charge >= 0.3 is 0 Å². The molecule has 70 valence electrons. The molecule has 0 N–H and O–H groups in total. The average Bonchev–Trinajstić information content (AvgIpc) is 2.19. The van der Waals surface area contributed by atoms with Crippen molar-refractivity contribution in [2.75, 3.05) is 0 Å². The van der Waals surface area contributed by atoms with Crippen molar-refractivity contribution >= 4 is 34.2 Å². The van der Waals surface area contributed by atoms with Crippen LogP contribution in [0.3, 0.4) is 0 Å². The molecule has 0 atom stereocenters. The summed E-state index contributed by atoms with van der Waals surface area (Å²) < 4.78 is 1.13. The van der Waals surface area contributed by atoms with Crippen LogP contribution in [0.4, 0.5) is 0 Å². The molecule has 0 amide bonds. The molecule has 1 nitrogen and oxygen atoms in total. The molecule has 0 spiro atoms. The Hall–Kier alpha value is -0.610. The van der Waals surface area contributed by atoms with E-state index in [0.29, 0.717) is 0 Å². The molecule has 0 unspecified atom stereocenters. The first-order chi connectivity index (χ1) is 6.75. The van der Waals surface area contributed by atoms with Crippen LogP contribution >= 0.6 is 34.2 Å². The highest BCUT2D eigenvalue weighted by Crippen LogP contribution is 2.20. The number of halogens is 2. The van der Waals surface area contributed by atoms with Crippen LogP contribution in [0.25, 0.3) is 11.3 Å². The number of benzene rings is 1. The van der Waals surface area contributed by atoms with Gasteiger partial charge in [0.1, 0.15) is 0 Å². The van der Waals surface area contributed by atoms with Crippen molar-refractivity contribution in [3.63, 3.8) is 0 Å². The summed E-state index contributed by atoms with van der Waals surface area (Å²) in [6.45, 7) is 0. The van der Waals surface area contributed by atoms with Crippen LogP contribution < -0.4 is 0 Å². The maximum atomic E-state index is 5.90. The van der Waals surface area contributed by atoms with Crippen molar-refractivity contribution in [2.24, 2.45) is 0 Å². The average molecular weight is 316 g/mol. The van der Waals surface area contributed by atoms with E-state index < -0.39 is 0 Å². The molecule has 0 radical (unpaired) electrons. The third-order valence-electron chi connectivity index (χ3n) is 1.85. The van der Waals surface area contributed by atoms with Crippen LogP contribution in [0, 0.1) is 3.57 Å². The van der Waals surface area contributed by atoms with Gasteiger partial charge in [-0.3, -0.25) is 4.98 Å². The Morgan fingerprint density at radius 3 is 2.64 bits per heavy atom. The fraction of sp³-hybridized carbons (Fsp3) is 0. The van der Waals surface area contributed by atoms with Gasteiger partial charge in [-0.1, -0.05) is 23.7 Å². The first kappa shape index (κ1) is 9.93. The van der Waals surface area contributed by atoms with Gasteiger partial charge in [0.05, 0.1) is 5.69 Å². The van der Waals surface area contributed by atoms with Crippen LogP contribution in [-0.2, 0) is 0 Å². The van der Waals surface area contributed by atoms with Crippen molar-refractivity contribution in [3.8, 4) is 11.3 Å². The van der Waals surface area contributed by atoms with Gasteiger partial charge in [0.25, 0.3) is 0 Å². The third kappa shape index (κ3) is 2.25. The largest absolute Gasteiger partial charge is 0.255 e. The van der Waals surface area contributed by atoms with Crippen LogP contribution in [0.15, 0.2) is 42.6 Å². The Morgan fingerprint density at radius 1 is 1.14 bits per heavy atom. The minimum atomic E-state index is 0.739. The second-order valence-electron chi connectivity index (χ2n) is 2.87. The highest BCUT2D eigenvalue weighted by Gasteiger charge is 1.98. The fourth-order valence-electron chi connectivity index (χ4n) is 1.19. The quantitative estimate of drug-likeness (QED) is 0.725. The molecule has 0 aliphatic rings. The van der Waals surface area contributed by atoms with E-state index in [1.807, 2.05) is 42.6 Å². The Kier molecular flexibility index (Phi) is 3.03. The molecular weight excluding hydrogens is 308 g/mol. The van der Waals surface area contributed by atoms with Gasteiger partial charge in [-0.2, -0.15) is 0 Å². The molecule has 1 heterocycles. The molecule has 1 aromatic carbocycles. The van der Waals surface area contributed by atoms with Crippen molar-refractivity contribution in [1.29, 1.82) is 0 Å². The zero-order valence-corrected chi connectivity index (χ0v) is 10.2. The van der Waals surface area contributed by atoms with Crippen LogP contribution in [0.2, 0.25) is 5.02 Å². The predicted molar refractivity (Wildman–Crippen MR) is 67.4 cm³/mol. The molecule has 3 heteroatoms. The first-order valence-corrected chi connectivity index (χ1v) is 5.59. The highest BCUT2D eigenvalue weighted by atomic mass is 127. The summed E-state index contributed by atoms with van der Waals surface area (Å²) in [6, 6.07) is 11.7. The Bertz CT molecular complexity index is 439. The number of hydrogen-bond donors (Lipinski definition) is 0. The standard InChI is InChI=1S/C11H7ClIN/c12-9-3-1-2-8(6-9)11-5-4-10(13)7-14-11/h1-7H. The number of rotatable bonds is 1. The second kappa shape index (κ2) is 4.28.